The first-order valence-electron chi connectivity index (χ1n) is 7.76. The van der Waals surface area contributed by atoms with Gasteiger partial charge in [0.25, 0.3) is 0 Å². The van der Waals surface area contributed by atoms with Gasteiger partial charge >= 0.3 is 0 Å². The van der Waals surface area contributed by atoms with Crippen LogP contribution in [-0.4, -0.2) is 52.0 Å². The zero-order chi connectivity index (χ0) is 14.8. The standard InChI is InChI=1S/C15H26N2OS2/c1-4-17(5-2)14(19)20-12-8-6-7-9-15(12)10-11-16(3)13(15)18/h12H,4-11H2,1-3H3/t12-,15+/m1/s1. The van der Waals surface area contributed by atoms with Crippen molar-refractivity contribution in [3.8, 4) is 0 Å². The Morgan fingerprint density at radius 3 is 2.65 bits per heavy atom. The molecule has 1 saturated carbocycles. The lowest BCUT2D eigenvalue weighted by molar-refractivity contribution is -0.136. The average molecular weight is 315 g/mol. The van der Waals surface area contributed by atoms with E-state index in [1.807, 2.05) is 11.9 Å². The summed E-state index contributed by atoms with van der Waals surface area (Å²) in [5, 5.41) is 0.377. The van der Waals surface area contributed by atoms with Gasteiger partial charge in [0.05, 0.1) is 5.41 Å². The van der Waals surface area contributed by atoms with E-state index in [-0.39, 0.29) is 5.41 Å². The minimum Gasteiger partial charge on any atom is -0.358 e. The van der Waals surface area contributed by atoms with Crippen LogP contribution < -0.4 is 0 Å². The maximum atomic E-state index is 12.6. The van der Waals surface area contributed by atoms with Crippen molar-refractivity contribution in [2.24, 2.45) is 5.41 Å². The Morgan fingerprint density at radius 1 is 1.40 bits per heavy atom. The van der Waals surface area contributed by atoms with E-state index in [1.165, 1.54) is 12.8 Å². The number of thioether (sulfide) groups is 1. The molecule has 2 atom stereocenters. The molecule has 0 radical (unpaired) electrons. The van der Waals surface area contributed by atoms with Crippen molar-refractivity contribution in [3.63, 3.8) is 0 Å². The summed E-state index contributed by atoms with van der Waals surface area (Å²) in [5.41, 5.74) is -0.130. The van der Waals surface area contributed by atoms with Crippen LogP contribution in [0.25, 0.3) is 0 Å². The van der Waals surface area contributed by atoms with Crippen LogP contribution in [0.4, 0.5) is 0 Å². The van der Waals surface area contributed by atoms with E-state index in [4.69, 9.17) is 12.2 Å². The van der Waals surface area contributed by atoms with Crippen LogP contribution in [0.2, 0.25) is 0 Å². The normalized spacial score (nSPS) is 30.1. The van der Waals surface area contributed by atoms with Gasteiger partial charge in [-0.25, -0.2) is 0 Å². The lowest BCUT2D eigenvalue weighted by Crippen LogP contribution is -2.44. The monoisotopic (exact) mass is 314 g/mol. The number of carbonyl (C=O) groups excluding carboxylic acids is 1. The molecule has 2 rings (SSSR count). The van der Waals surface area contributed by atoms with E-state index in [2.05, 4.69) is 18.7 Å². The highest BCUT2D eigenvalue weighted by molar-refractivity contribution is 8.23. The van der Waals surface area contributed by atoms with Gasteiger partial charge in [0, 0.05) is 31.9 Å². The Bertz CT molecular complexity index is 380. The van der Waals surface area contributed by atoms with Gasteiger partial charge in [-0.2, -0.15) is 0 Å². The molecule has 1 spiro atoms. The van der Waals surface area contributed by atoms with E-state index in [1.54, 1.807) is 11.8 Å². The van der Waals surface area contributed by atoms with Crippen molar-refractivity contribution in [2.45, 2.75) is 51.2 Å². The summed E-state index contributed by atoms with van der Waals surface area (Å²) >= 11 is 7.40. The van der Waals surface area contributed by atoms with E-state index < -0.39 is 0 Å². The van der Waals surface area contributed by atoms with Gasteiger partial charge in [-0.05, 0) is 33.1 Å². The summed E-state index contributed by atoms with van der Waals surface area (Å²) in [6.07, 6.45) is 5.62. The molecular weight excluding hydrogens is 288 g/mol. The first kappa shape index (κ1) is 16.1. The molecule has 1 heterocycles. The number of amides is 1. The number of carbonyl (C=O) groups is 1. The molecule has 2 fully saturated rings. The molecule has 0 aromatic rings. The maximum Gasteiger partial charge on any atom is 0.229 e. The summed E-state index contributed by atoms with van der Waals surface area (Å²) in [6, 6.07) is 0. The molecule has 20 heavy (non-hydrogen) atoms. The number of thiocarbonyl (C=S) groups is 1. The first-order valence-corrected chi connectivity index (χ1v) is 9.05. The molecule has 0 aromatic carbocycles. The fraction of sp³-hybridized carbons (Fsp3) is 0.867. The first-order chi connectivity index (χ1) is 9.55. The predicted octanol–water partition coefficient (Wildman–Crippen LogP) is 3.14. The third-order valence-electron chi connectivity index (χ3n) is 4.89. The molecule has 0 unspecified atom stereocenters. The summed E-state index contributed by atoms with van der Waals surface area (Å²) in [4.78, 5) is 16.8. The van der Waals surface area contributed by atoms with Crippen LogP contribution in [-0.2, 0) is 4.79 Å². The second-order valence-corrected chi connectivity index (χ2v) is 7.76. The second-order valence-electron chi connectivity index (χ2n) is 5.92. The van der Waals surface area contributed by atoms with Crippen molar-refractivity contribution in [2.75, 3.05) is 26.7 Å². The maximum absolute atomic E-state index is 12.6. The number of rotatable bonds is 3. The van der Waals surface area contributed by atoms with Gasteiger partial charge < -0.3 is 9.80 Å². The molecule has 2 aliphatic rings. The van der Waals surface area contributed by atoms with Crippen LogP contribution >= 0.6 is 24.0 Å². The Labute approximate surface area is 132 Å². The molecule has 5 heteroatoms. The average Bonchev–Trinajstić information content (AvgIpc) is 2.72. The summed E-state index contributed by atoms with van der Waals surface area (Å²) in [5.74, 6) is 0.358. The molecule has 1 amide bonds. The molecular formula is C15H26N2OS2. The van der Waals surface area contributed by atoms with Crippen molar-refractivity contribution >= 4 is 34.2 Å². The predicted molar refractivity (Wildman–Crippen MR) is 90.1 cm³/mol. The van der Waals surface area contributed by atoms with Crippen molar-refractivity contribution < 1.29 is 4.79 Å². The van der Waals surface area contributed by atoms with Crippen LogP contribution in [0.1, 0.15) is 46.0 Å². The van der Waals surface area contributed by atoms with Crippen LogP contribution in [0, 0.1) is 5.41 Å². The van der Waals surface area contributed by atoms with E-state index in [0.717, 1.165) is 43.2 Å². The van der Waals surface area contributed by atoms with Gasteiger partial charge in [0.2, 0.25) is 5.91 Å². The largest absolute Gasteiger partial charge is 0.358 e. The van der Waals surface area contributed by atoms with E-state index in [9.17, 15) is 4.79 Å². The zero-order valence-electron chi connectivity index (χ0n) is 12.9. The van der Waals surface area contributed by atoms with Crippen LogP contribution in [0.3, 0.4) is 0 Å². The third kappa shape index (κ3) is 2.84. The SMILES string of the molecule is CCN(CC)C(=S)S[C@@H]1CCCC[C@]12CCN(C)C2=O. The minimum absolute atomic E-state index is 0.130. The molecule has 0 N–H and O–H groups in total. The molecule has 1 saturated heterocycles. The highest BCUT2D eigenvalue weighted by atomic mass is 32.2. The Balaban J connectivity index is 2.12. The zero-order valence-corrected chi connectivity index (χ0v) is 14.5. The van der Waals surface area contributed by atoms with Gasteiger partial charge in [-0.3, -0.25) is 4.79 Å². The van der Waals surface area contributed by atoms with E-state index in [0.29, 0.717) is 11.2 Å². The number of hydrogen-bond acceptors (Lipinski definition) is 3. The fourth-order valence-corrected chi connectivity index (χ4v) is 5.65. The van der Waals surface area contributed by atoms with Gasteiger partial charge in [-0.15, -0.1) is 0 Å². The van der Waals surface area contributed by atoms with Crippen molar-refractivity contribution in [1.82, 2.24) is 9.80 Å². The molecule has 1 aliphatic carbocycles. The highest BCUT2D eigenvalue weighted by Crippen LogP contribution is 2.50. The Kier molecular flexibility index (Phi) is 5.35. The third-order valence-corrected chi connectivity index (χ3v) is 6.86. The number of nitrogens with zero attached hydrogens (tertiary/aromatic N) is 2. The number of hydrogen-bond donors (Lipinski definition) is 0. The van der Waals surface area contributed by atoms with Gasteiger partial charge in [-0.1, -0.05) is 36.8 Å². The summed E-state index contributed by atoms with van der Waals surface area (Å²) in [6.45, 7) is 7.10. The molecule has 1 aliphatic heterocycles. The molecule has 114 valence electrons. The Morgan fingerprint density at radius 2 is 2.10 bits per heavy atom. The molecule has 0 bridgehead atoms. The quantitative estimate of drug-likeness (QED) is 0.747. The summed E-state index contributed by atoms with van der Waals surface area (Å²) < 4.78 is 0.976. The van der Waals surface area contributed by atoms with Crippen molar-refractivity contribution in [3.05, 3.63) is 0 Å². The van der Waals surface area contributed by atoms with Gasteiger partial charge in [0.15, 0.2) is 0 Å². The Hall–Kier alpha value is -0.290. The summed E-state index contributed by atoms with van der Waals surface area (Å²) in [7, 11) is 1.94. The molecule has 3 nitrogen and oxygen atoms in total. The van der Waals surface area contributed by atoms with Gasteiger partial charge in [0.1, 0.15) is 4.32 Å². The lowest BCUT2D eigenvalue weighted by Gasteiger charge is -2.40. The highest BCUT2D eigenvalue weighted by Gasteiger charge is 2.52. The second kappa shape index (κ2) is 6.65. The molecule has 0 aromatic heterocycles. The van der Waals surface area contributed by atoms with Crippen molar-refractivity contribution in [1.29, 1.82) is 0 Å². The topological polar surface area (TPSA) is 23.6 Å². The smallest absolute Gasteiger partial charge is 0.229 e. The number of likely N-dealkylation sites (tertiary alicyclic amines) is 1. The lowest BCUT2D eigenvalue weighted by atomic mass is 9.72. The minimum atomic E-state index is -0.130. The van der Waals surface area contributed by atoms with Crippen LogP contribution in [0.15, 0.2) is 0 Å². The van der Waals surface area contributed by atoms with E-state index >= 15 is 0 Å². The fourth-order valence-electron chi connectivity index (χ4n) is 3.54. The van der Waals surface area contributed by atoms with Crippen LogP contribution in [0.5, 0.6) is 0 Å².